The van der Waals surface area contributed by atoms with Crippen molar-refractivity contribution in [3.8, 4) is 0 Å². The quantitative estimate of drug-likeness (QED) is 0.526. The topological polar surface area (TPSA) is 50.4 Å². The Morgan fingerprint density at radius 1 is 1.50 bits per heavy atom. The molecule has 0 aliphatic heterocycles. The molecule has 1 saturated carbocycles. The lowest BCUT2D eigenvalue weighted by Crippen LogP contribution is -2.25. The van der Waals surface area contributed by atoms with E-state index in [1.54, 1.807) is 6.21 Å². The van der Waals surface area contributed by atoms with Crippen molar-refractivity contribution in [2.75, 3.05) is 0 Å². The first kappa shape index (κ1) is 11.7. The fourth-order valence-electron chi connectivity index (χ4n) is 2.64. The van der Waals surface area contributed by atoms with Crippen molar-refractivity contribution in [1.82, 2.24) is 9.55 Å². The molecule has 3 rings (SSSR count). The van der Waals surface area contributed by atoms with Crippen LogP contribution in [0.5, 0.6) is 0 Å². The zero-order valence-electron chi connectivity index (χ0n) is 10.0. The predicted octanol–water partition coefficient (Wildman–Crippen LogP) is 3.29. The van der Waals surface area contributed by atoms with Crippen molar-refractivity contribution in [3.05, 3.63) is 28.5 Å². The van der Waals surface area contributed by atoms with Crippen molar-refractivity contribution in [2.45, 2.75) is 18.8 Å². The van der Waals surface area contributed by atoms with Gasteiger partial charge in [-0.2, -0.15) is 0 Å². The summed E-state index contributed by atoms with van der Waals surface area (Å²) >= 11 is 3.49. The van der Waals surface area contributed by atoms with Crippen LogP contribution in [0.1, 0.15) is 24.6 Å². The molecule has 1 heterocycles. The van der Waals surface area contributed by atoms with E-state index in [-0.39, 0.29) is 0 Å². The standard InChI is InChI=1S/C13H14BrN3O/c1-17-12-6-10(14)2-3-11(12)16-13(17)9-4-8(5-9)7-15-18/h2-3,6-9,18H,4-5H2,1H3/b15-7+. The lowest BCUT2D eigenvalue weighted by molar-refractivity contribution is 0.295. The number of hydrogen-bond acceptors (Lipinski definition) is 3. The van der Waals surface area contributed by atoms with Gasteiger partial charge in [0.2, 0.25) is 0 Å². The number of nitrogens with zero attached hydrogens (tertiary/aromatic N) is 3. The first-order chi connectivity index (χ1) is 8.69. The number of rotatable bonds is 2. The number of benzene rings is 1. The molecule has 4 nitrogen and oxygen atoms in total. The van der Waals surface area contributed by atoms with Crippen LogP contribution in [0.2, 0.25) is 0 Å². The molecule has 1 N–H and O–H groups in total. The van der Waals surface area contributed by atoms with Gasteiger partial charge in [-0.3, -0.25) is 0 Å². The van der Waals surface area contributed by atoms with Gasteiger partial charge in [0.05, 0.1) is 11.0 Å². The third kappa shape index (κ3) is 1.82. The molecular formula is C13H14BrN3O. The van der Waals surface area contributed by atoms with Crippen LogP contribution in [0.25, 0.3) is 11.0 Å². The average molecular weight is 308 g/mol. The highest BCUT2D eigenvalue weighted by atomic mass is 79.9. The Balaban J connectivity index is 1.92. The van der Waals surface area contributed by atoms with Crippen LogP contribution >= 0.6 is 15.9 Å². The van der Waals surface area contributed by atoms with Crippen molar-refractivity contribution in [2.24, 2.45) is 18.1 Å². The monoisotopic (exact) mass is 307 g/mol. The number of imidazole rings is 1. The molecule has 0 spiro atoms. The molecule has 1 aliphatic rings. The number of oxime groups is 1. The molecule has 0 bridgehead atoms. The molecule has 1 aromatic carbocycles. The maximum atomic E-state index is 8.50. The van der Waals surface area contributed by atoms with Crippen LogP contribution in [0.4, 0.5) is 0 Å². The first-order valence-corrected chi connectivity index (χ1v) is 6.77. The van der Waals surface area contributed by atoms with Gasteiger partial charge in [0.15, 0.2) is 0 Å². The second kappa shape index (κ2) is 4.39. The smallest absolute Gasteiger partial charge is 0.112 e. The lowest BCUT2D eigenvalue weighted by atomic mass is 9.75. The Morgan fingerprint density at radius 2 is 2.28 bits per heavy atom. The summed E-state index contributed by atoms with van der Waals surface area (Å²) in [6.45, 7) is 0. The number of fused-ring (bicyclic) bond motifs is 1. The number of halogens is 1. The second-order valence-corrected chi connectivity index (χ2v) is 5.77. The van der Waals surface area contributed by atoms with Gasteiger partial charge >= 0.3 is 0 Å². The molecule has 1 aromatic heterocycles. The number of aromatic nitrogens is 2. The molecule has 0 unspecified atom stereocenters. The second-order valence-electron chi connectivity index (χ2n) is 4.86. The molecule has 1 aliphatic carbocycles. The van der Waals surface area contributed by atoms with E-state index in [0.29, 0.717) is 11.8 Å². The van der Waals surface area contributed by atoms with Crippen molar-refractivity contribution < 1.29 is 5.21 Å². The van der Waals surface area contributed by atoms with Gasteiger partial charge in [-0.05, 0) is 37.0 Å². The molecule has 0 radical (unpaired) electrons. The summed E-state index contributed by atoms with van der Waals surface area (Å²) in [7, 11) is 2.06. The van der Waals surface area contributed by atoms with Gasteiger partial charge in [0.1, 0.15) is 5.82 Å². The van der Waals surface area contributed by atoms with Gasteiger partial charge in [0, 0.05) is 23.7 Å². The van der Waals surface area contributed by atoms with E-state index in [2.05, 4.69) is 38.8 Å². The highest BCUT2D eigenvalue weighted by Gasteiger charge is 2.32. The minimum absolute atomic E-state index is 0.395. The molecule has 5 heteroatoms. The Morgan fingerprint density at radius 3 is 3.00 bits per heavy atom. The van der Waals surface area contributed by atoms with E-state index in [9.17, 15) is 0 Å². The van der Waals surface area contributed by atoms with Crippen LogP contribution in [0, 0.1) is 5.92 Å². The summed E-state index contributed by atoms with van der Waals surface area (Å²) in [6.07, 6.45) is 3.65. The molecule has 2 aromatic rings. The minimum atomic E-state index is 0.395. The molecule has 1 fully saturated rings. The van der Waals surface area contributed by atoms with Crippen molar-refractivity contribution >= 4 is 33.2 Å². The molecule has 94 valence electrons. The lowest BCUT2D eigenvalue weighted by Gasteiger charge is -2.31. The average Bonchev–Trinajstić information content (AvgIpc) is 2.61. The molecule has 0 amide bonds. The number of hydrogen-bond donors (Lipinski definition) is 1. The summed E-state index contributed by atoms with van der Waals surface area (Å²) in [5.74, 6) is 2.00. The third-order valence-corrected chi connectivity index (χ3v) is 4.19. The van der Waals surface area contributed by atoms with Gasteiger partial charge in [-0.15, -0.1) is 5.16 Å². The third-order valence-electron chi connectivity index (χ3n) is 3.69. The largest absolute Gasteiger partial charge is 0.411 e. The van der Waals surface area contributed by atoms with Crippen LogP contribution < -0.4 is 0 Å². The predicted molar refractivity (Wildman–Crippen MR) is 74.2 cm³/mol. The normalized spacial score (nSPS) is 23.7. The summed E-state index contributed by atoms with van der Waals surface area (Å²) in [6, 6.07) is 6.15. The van der Waals surface area contributed by atoms with E-state index < -0.39 is 0 Å². The summed E-state index contributed by atoms with van der Waals surface area (Å²) < 4.78 is 3.24. The van der Waals surface area contributed by atoms with E-state index >= 15 is 0 Å². The maximum Gasteiger partial charge on any atom is 0.112 e. The van der Waals surface area contributed by atoms with Crippen LogP contribution in [-0.2, 0) is 7.05 Å². The molecule has 18 heavy (non-hydrogen) atoms. The highest BCUT2D eigenvalue weighted by molar-refractivity contribution is 9.10. The first-order valence-electron chi connectivity index (χ1n) is 5.98. The van der Waals surface area contributed by atoms with Gasteiger partial charge in [0.25, 0.3) is 0 Å². The van der Waals surface area contributed by atoms with Gasteiger partial charge in [-0.1, -0.05) is 15.9 Å². The number of aryl methyl sites for hydroxylation is 1. The van der Waals surface area contributed by atoms with Crippen molar-refractivity contribution in [3.63, 3.8) is 0 Å². The van der Waals surface area contributed by atoms with Crippen LogP contribution in [-0.4, -0.2) is 21.0 Å². The molecule has 0 saturated heterocycles. The zero-order chi connectivity index (χ0) is 12.7. The fourth-order valence-corrected chi connectivity index (χ4v) is 2.98. The maximum absolute atomic E-state index is 8.50. The van der Waals surface area contributed by atoms with Crippen LogP contribution in [0.15, 0.2) is 27.8 Å². The zero-order valence-corrected chi connectivity index (χ0v) is 11.6. The van der Waals surface area contributed by atoms with E-state index in [1.807, 2.05) is 12.1 Å². The van der Waals surface area contributed by atoms with E-state index in [4.69, 9.17) is 10.2 Å². The fraction of sp³-hybridized carbons (Fsp3) is 0.385. The Bertz CT molecular complexity index is 614. The molecular weight excluding hydrogens is 294 g/mol. The van der Waals surface area contributed by atoms with Crippen LogP contribution in [0.3, 0.4) is 0 Å². The van der Waals surface area contributed by atoms with Crippen molar-refractivity contribution in [1.29, 1.82) is 0 Å². The summed E-state index contributed by atoms with van der Waals surface area (Å²) in [4.78, 5) is 4.71. The van der Waals surface area contributed by atoms with E-state index in [0.717, 1.165) is 34.2 Å². The SMILES string of the molecule is Cn1c(C2CC(/C=N/O)C2)nc2ccc(Br)cc21. The Hall–Kier alpha value is -1.36. The van der Waals surface area contributed by atoms with Gasteiger partial charge in [-0.25, -0.2) is 4.98 Å². The minimum Gasteiger partial charge on any atom is -0.411 e. The Labute approximate surface area is 113 Å². The van der Waals surface area contributed by atoms with Gasteiger partial charge < -0.3 is 9.77 Å². The molecule has 0 atom stereocenters. The Kier molecular flexibility index (Phi) is 2.86. The highest BCUT2D eigenvalue weighted by Crippen LogP contribution is 2.40. The van der Waals surface area contributed by atoms with E-state index in [1.165, 1.54) is 0 Å². The summed E-state index contributed by atoms with van der Waals surface area (Å²) in [5.41, 5.74) is 2.19. The summed E-state index contributed by atoms with van der Waals surface area (Å²) in [5, 5.41) is 11.6.